The molecular formula is C17H28N4O. The van der Waals surface area contributed by atoms with Crippen molar-refractivity contribution in [1.29, 1.82) is 0 Å². The molecule has 2 aliphatic heterocycles. The van der Waals surface area contributed by atoms with Gasteiger partial charge in [-0.05, 0) is 57.2 Å². The number of aromatic nitrogens is 2. The van der Waals surface area contributed by atoms with E-state index < -0.39 is 5.54 Å². The molecule has 1 aromatic heterocycles. The van der Waals surface area contributed by atoms with Crippen molar-refractivity contribution in [2.45, 2.75) is 51.0 Å². The lowest BCUT2D eigenvalue weighted by molar-refractivity contribution is -0.145. The Balaban J connectivity index is 1.80. The fourth-order valence-electron chi connectivity index (χ4n) is 4.09. The molecule has 0 saturated carbocycles. The molecule has 0 bridgehead atoms. The summed E-state index contributed by atoms with van der Waals surface area (Å²) in [5, 5.41) is 7.80. The van der Waals surface area contributed by atoms with Crippen LogP contribution in [0.4, 0.5) is 0 Å². The number of nitrogens with one attached hydrogen (secondary N) is 1. The molecule has 5 nitrogen and oxygen atoms in total. The number of amides is 1. The van der Waals surface area contributed by atoms with Crippen LogP contribution < -0.4 is 5.32 Å². The van der Waals surface area contributed by atoms with Crippen molar-refractivity contribution >= 4 is 5.91 Å². The fourth-order valence-corrected chi connectivity index (χ4v) is 4.09. The lowest BCUT2D eigenvalue weighted by atomic mass is 9.85. The van der Waals surface area contributed by atoms with Gasteiger partial charge < -0.3 is 10.2 Å². The van der Waals surface area contributed by atoms with Crippen LogP contribution in [-0.2, 0) is 10.3 Å². The molecule has 2 fully saturated rings. The minimum atomic E-state index is -0.469. The number of nitrogens with zero attached hydrogens (tertiary/aromatic N) is 3. The van der Waals surface area contributed by atoms with Crippen molar-refractivity contribution < 1.29 is 4.79 Å². The summed E-state index contributed by atoms with van der Waals surface area (Å²) < 4.78 is 1.92. The monoisotopic (exact) mass is 304 g/mol. The van der Waals surface area contributed by atoms with E-state index in [1.54, 1.807) is 6.20 Å². The average molecular weight is 304 g/mol. The second-order valence-electron chi connectivity index (χ2n) is 6.78. The van der Waals surface area contributed by atoms with Gasteiger partial charge in [0, 0.05) is 25.5 Å². The third-order valence-electron chi connectivity index (χ3n) is 5.27. The van der Waals surface area contributed by atoms with Crippen LogP contribution in [0.15, 0.2) is 18.5 Å². The Morgan fingerprint density at radius 1 is 1.41 bits per heavy atom. The molecule has 1 atom stereocenters. The first-order valence-corrected chi connectivity index (χ1v) is 8.76. The van der Waals surface area contributed by atoms with E-state index in [4.69, 9.17) is 0 Å². The van der Waals surface area contributed by atoms with Crippen LogP contribution in [0.5, 0.6) is 0 Å². The summed E-state index contributed by atoms with van der Waals surface area (Å²) in [6.45, 7) is 5.85. The fraction of sp³-hybridized carbons (Fsp3) is 0.765. The second-order valence-corrected chi connectivity index (χ2v) is 6.78. The Morgan fingerprint density at radius 3 is 2.91 bits per heavy atom. The maximum atomic E-state index is 13.4. The summed E-state index contributed by atoms with van der Waals surface area (Å²) in [7, 11) is 0. The number of carbonyl (C=O) groups is 1. The average Bonchev–Trinajstić information content (AvgIpc) is 3.10. The van der Waals surface area contributed by atoms with Gasteiger partial charge in [0.1, 0.15) is 5.54 Å². The van der Waals surface area contributed by atoms with E-state index in [2.05, 4.69) is 22.2 Å². The highest BCUT2D eigenvalue weighted by atomic mass is 16.2. The molecule has 3 rings (SSSR count). The summed E-state index contributed by atoms with van der Waals surface area (Å²) in [6.07, 6.45) is 10.3. The normalized spacial score (nSPS) is 25.1. The Labute approximate surface area is 133 Å². The molecule has 2 saturated heterocycles. The van der Waals surface area contributed by atoms with Crippen molar-refractivity contribution in [3.8, 4) is 0 Å². The molecule has 1 N–H and O–H groups in total. The third kappa shape index (κ3) is 2.91. The smallest absolute Gasteiger partial charge is 0.250 e. The number of hydrogen-bond donors (Lipinski definition) is 1. The molecule has 0 aromatic carbocycles. The van der Waals surface area contributed by atoms with E-state index >= 15 is 0 Å². The number of piperidine rings is 2. The molecule has 0 spiro atoms. The van der Waals surface area contributed by atoms with Gasteiger partial charge >= 0.3 is 0 Å². The van der Waals surface area contributed by atoms with E-state index in [0.717, 1.165) is 45.4 Å². The van der Waals surface area contributed by atoms with Crippen molar-refractivity contribution in [3.05, 3.63) is 18.5 Å². The summed E-state index contributed by atoms with van der Waals surface area (Å²) in [6, 6.07) is 1.92. The van der Waals surface area contributed by atoms with Crippen LogP contribution in [0.25, 0.3) is 0 Å². The van der Waals surface area contributed by atoms with Crippen LogP contribution >= 0.6 is 0 Å². The standard InChI is InChI=1S/C17H28N4O/c1-2-5-15-6-3-12-20(14-15)16(22)17(7-10-18-11-8-17)21-13-4-9-19-21/h4,9,13,15,18H,2-3,5-8,10-12,14H2,1H3. The molecule has 22 heavy (non-hydrogen) atoms. The second kappa shape index (κ2) is 6.82. The van der Waals surface area contributed by atoms with Gasteiger partial charge in [0.25, 0.3) is 5.91 Å². The first kappa shape index (κ1) is 15.5. The highest BCUT2D eigenvalue weighted by Gasteiger charge is 2.45. The summed E-state index contributed by atoms with van der Waals surface area (Å²) >= 11 is 0. The number of rotatable bonds is 4. The van der Waals surface area contributed by atoms with E-state index in [-0.39, 0.29) is 0 Å². The predicted octanol–water partition coefficient (Wildman–Crippen LogP) is 2.00. The number of carbonyl (C=O) groups excluding carboxylic acids is 1. The Morgan fingerprint density at radius 2 is 2.23 bits per heavy atom. The van der Waals surface area contributed by atoms with Crippen LogP contribution in [0.1, 0.15) is 45.4 Å². The molecule has 1 unspecified atom stereocenters. The first-order valence-electron chi connectivity index (χ1n) is 8.76. The van der Waals surface area contributed by atoms with Crippen molar-refractivity contribution in [3.63, 3.8) is 0 Å². The highest BCUT2D eigenvalue weighted by Crippen LogP contribution is 2.32. The van der Waals surface area contributed by atoms with Gasteiger partial charge in [0.05, 0.1) is 0 Å². The van der Waals surface area contributed by atoms with Crippen molar-refractivity contribution in [1.82, 2.24) is 20.0 Å². The minimum absolute atomic E-state index is 0.290. The molecule has 1 amide bonds. The molecule has 5 heteroatoms. The summed E-state index contributed by atoms with van der Waals surface area (Å²) in [5.41, 5.74) is -0.469. The molecule has 0 aliphatic carbocycles. The van der Waals surface area contributed by atoms with E-state index in [1.807, 2.05) is 16.9 Å². The highest BCUT2D eigenvalue weighted by molar-refractivity contribution is 5.84. The zero-order valence-corrected chi connectivity index (χ0v) is 13.6. The van der Waals surface area contributed by atoms with Gasteiger partial charge in [0.2, 0.25) is 0 Å². The van der Waals surface area contributed by atoms with Gasteiger partial charge in [-0.15, -0.1) is 0 Å². The topological polar surface area (TPSA) is 50.2 Å². The molecule has 3 heterocycles. The zero-order chi connectivity index (χ0) is 15.4. The molecule has 122 valence electrons. The van der Waals surface area contributed by atoms with Crippen LogP contribution in [0.3, 0.4) is 0 Å². The Kier molecular flexibility index (Phi) is 4.81. The van der Waals surface area contributed by atoms with Crippen molar-refractivity contribution in [2.75, 3.05) is 26.2 Å². The van der Waals surface area contributed by atoms with E-state index in [0.29, 0.717) is 11.8 Å². The van der Waals surface area contributed by atoms with Crippen molar-refractivity contribution in [2.24, 2.45) is 5.92 Å². The van der Waals surface area contributed by atoms with Gasteiger partial charge in [0.15, 0.2) is 0 Å². The van der Waals surface area contributed by atoms with Gasteiger partial charge in [-0.2, -0.15) is 5.10 Å². The molecule has 2 aliphatic rings. The Hall–Kier alpha value is -1.36. The first-order chi connectivity index (χ1) is 10.8. The minimum Gasteiger partial charge on any atom is -0.340 e. The largest absolute Gasteiger partial charge is 0.340 e. The van der Waals surface area contributed by atoms with Crippen LogP contribution in [-0.4, -0.2) is 46.8 Å². The molecule has 0 radical (unpaired) electrons. The SMILES string of the molecule is CCCC1CCCN(C(=O)C2(n3cccn3)CCNCC2)C1. The van der Waals surface area contributed by atoms with Gasteiger partial charge in [-0.1, -0.05) is 13.3 Å². The Bertz CT molecular complexity index is 477. The zero-order valence-electron chi connectivity index (χ0n) is 13.6. The maximum Gasteiger partial charge on any atom is 0.250 e. The van der Waals surface area contributed by atoms with E-state index in [1.165, 1.54) is 19.3 Å². The lowest BCUT2D eigenvalue weighted by Gasteiger charge is -2.42. The van der Waals surface area contributed by atoms with Gasteiger partial charge in [-0.25, -0.2) is 0 Å². The van der Waals surface area contributed by atoms with E-state index in [9.17, 15) is 4.79 Å². The summed E-state index contributed by atoms with van der Waals surface area (Å²) in [4.78, 5) is 15.5. The quantitative estimate of drug-likeness (QED) is 0.925. The predicted molar refractivity (Wildman–Crippen MR) is 86.5 cm³/mol. The molecular weight excluding hydrogens is 276 g/mol. The number of likely N-dealkylation sites (tertiary alicyclic amines) is 1. The lowest BCUT2D eigenvalue weighted by Crippen LogP contribution is -2.57. The number of hydrogen-bond acceptors (Lipinski definition) is 3. The maximum absolute atomic E-state index is 13.4. The van der Waals surface area contributed by atoms with Crippen LogP contribution in [0.2, 0.25) is 0 Å². The van der Waals surface area contributed by atoms with Crippen LogP contribution in [0, 0.1) is 5.92 Å². The van der Waals surface area contributed by atoms with Gasteiger partial charge in [-0.3, -0.25) is 9.48 Å². The molecule has 1 aromatic rings. The third-order valence-corrected chi connectivity index (χ3v) is 5.27. The summed E-state index contributed by atoms with van der Waals surface area (Å²) in [5.74, 6) is 0.970.